The normalized spacial score (nSPS) is 15.3. The van der Waals surface area contributed by atoms with Crippen LogP contribution in [0.2, 0.25) is 0 Å². The minimum atomic E-state index is 0.0449. The third-order valence-electron chi connectivity index (χ3n) is 6.94. The Morgan fingerprint density at radius 2 is 1.95 bits per heavy atom. The first-order valence-corrected chi connectivity index (χ1v) is 13.8. The highest BCUT2D eigenvalue weighted by Crippen LogP contribution is 2.34. The van der Waals surface area contributed by atoms with Crippen LogP contribution >= 0.6 is 15.9 Å². The predicted octanol–water partition coefficient (Wildman–Crippen LogP) is 6.92. The zero-order chi connectivity index (χ0) is 26.5. The molecule has 0 aliphatic carbocycles. The van der Waals surface area contributed by atoms with Gasteiger partial charge in [-0.1, -0.05) is 46.3 Å². The lowest BCUT2D eigenvalue weighted by atomic mass is 10.1. The molecular weight excluding hydrogens is 542 g/mol. The number of ether oxygens (including phenoxy) is 2. The summed E-state index contributed by atoms with van der Waals surface area (Å²) < 4.78 is 14.8. The van der Waals surface area contributed by atoms with Crippen LogP contribution in [0.5, 0.6) is 11.5 Å². The van der Waals surface area contributed by atoms with Gasteiger partial charge in [0, 0.05) is 35.6 Å². The Bertz CT molecular complexity index is 1450. The summed E-state index contributed by atoms with van der Waals surface area (Å²) in [5.74, 6) is 2.66. The van der Waals surface area contributed by atoms with E-state index in [0.717, 1.165) is 69.9 Å². The Morgan fingerprint density at radius 1 is 1.08 bits per heavy atom. The fraction of sp³-hybridized carbons (Fsp3) is 0.290. The van der Waals surface area contributed by atoms with E-state index < -0.39 is 0 Å². The molecule has 3 aromatic carbocycles. The van der Waals surface area contributed by atoms with Crippen LogP contribution in [0.15, 0.2) is 83.9 Å². The largest absolute Gasteiger partial charge is 0.493 e. The maximum Gasteiger partial charge on any atom is 0.227 e. The van der Waals surface area contributed by atoms with Crippen LogP contribution in [0.4, 0.5) is 5.69 Å². The number of carbonyl (C=O) groups is 1. The van der Waals surface area contributed by atoms with Crippen molar-refractivity contribution in [1.29, 1.82) is 0 Å². The zero-order valence-corrected chi connectivity index (χ0v) is 23.2. The summed E-state index contributed by atoms with van der Waals surface area (Å²) in [6, 6.07) is 22.1. The van der Waals surface area contributed by atoms with Gasteiger partial charge in [0.15, 0.2) is 11.5 Å². The van der Waals surface area contributed by atoms with E-state index in [-0.39, 0.29) is 11.8 Å². The van der Waals surface area contributed by atoms with Crippen LogP contribution in [0, 0.1) is 0 Å². The Morgan fingerprint density at radius 3 is 2.76 bits per heavy atom. The SMILES string of the molecule is C=CCc1ccc(OCCCCn2c(C3CC(=O)N(c4cccc(Br)c4)C3)nc3ccccc32)c(OC)c1. The first-order chi connectivity index (χ1) is 18.6. The number of hydrogen-bond acceptors (Lipinski definition) is 4. The van der Waals surface area contributed by atoms with Crippen molar-refractivity contribution in [2.24, 2.45) is 0 Å². The molecular formula is C31H32BrN3O3. The molecule has 0 radical (unpaired) electrons. The lowest BCUT2D eigenvalue weighted by Crippen LogP contribution is -2.24. The van der Waals surface area contributed by atoms with Gasteiger partial charge in [0.05, 0.1) is 24.8 Å². The van der Waals surface area contributed by atoms with E-state index in [1.807, 2.05) is 71.6 Å². The average Bonchev–Trinajstić information content (AvgIpc) is 3.49. The molecule has 0 bridgehead atoms. The Hall–Kier alpha value is -3.58. The number of hydrogen-bond donors (Lipinski definition) is 0. The second kappa shape index (κ2) is 11.9. The third kappa shape index (κ3) is 5.63. The van der Waals surface area contributed by atoms with Crippen molar-refractivity contribution in [3.05, 3.63) is 95.2 Å². The fourth-order valence-electron chi connectivity index (χ4n) is 5.09. The summed E-state index contributed by atoms with van der Waals surface area (Å²) in [6.07, 6.45) is 4.95. The molecule has 1 unspecified atom stereocenters. The van der Waals surface area contributed by atoms with Gasteiger partial charge in [0.25, 0.3) is 0 Å². The van der Waals surface area contributed by atoms with E-state index in [2.05, 4.69) is 33.1 Å². The van der Waals surface area contributed by atoms with Gasteiger partial charge in [-0.25, -0.2) is 4.98 Å². The molecule has 7 heteroatoms. The standard InChI is InChI=1S/C31H32BrN3O3/c1-3-9-22-14-15-28(29(18-22)37-2)38-17-7-6-16-34-27-13-5-4-12-26(27)33-31(34)23-19-30(36)35(21-23)25-11-8-10-24(32)20-25/h3-5,8,10-15,18,20,23H,1,6-7,9,16-17,19,21H2,2H3. The van der Waals surface area contributed by atoms with Crippen molar-refractivity contribution in [2.75, 3.05) is 25.2 Å². The summed E-state index contributed by atoms with van der Waals surface area (Å²) in [6.45, 7) is 5.84. The van der Waals surface area contributed by atoms with Crippen LogP contribution < -0.4 is 14.4 Å². The van der Waals surface area contributed by atoms with Crippen molar-refractivity contribution in [3.8, 4) is 11.5 Å². The number of methoxy groups -OCH3 is 1. The number of halogens is 1. The Labute approximate surface area is 232 Å². The molecule has 4 aromatic rings. The number of aromatic nitrogens is 2. The molecule has 1 saturated heterocycles. The van der Waals surface area contributed by atoms with E-state index in [0.29, 0.717) is 19.6 Å². The molecule has 0 saturated carbocycles. The van der Waals surface area contributed by atoms with Gasteiger partial charge in [-0.2, -0.15) is 0 Å². The Balaban J connectivity index is 1.26. The van der Waals surface area contributed by atoms with Crippen molar-refractivity contribution in [1.82, 2.24) is 9.55 Å². The van der Waals surface area contributed by atoms with Gasteiger partial charge >= 0.3 is 0 Å². The van der Waals surface area contributed by atoms with Crippen molar-refractivity contribution < 1.29 is 14.3 Å². The lowest BCUT2D eigenvalue weighted by molar-refractivity contribution is -0.117. The molecule has 1 aromatic heterocycles. The smallest absolute Gasteiger partial charge is 0.227 e. The molecule has 1 fully saturated rings. The fourth-order valence-corrected chi connectivity index (χ4v) is 5.48. The summed E-state index contributed by atoms with van der Waals surface area (Å²) in [7, 11) is 1.66. The number of rotatable bonds is 11. The predicted molar refractivity (Wildman–Crippen MR) is 155 cm³/mol. The first-order valence-electron chi connectivity index (χ1n) is 13.0. The van der Waals surface area contributed by atoms with Crippen LogP contribution in [-0.4, -0.2) is 35.7 Å². The number of nitrogens with zero attached hydrogens (tertiary/aromatic N) is 3. The van der Waals surface area contributed by atoms with Crippen LogP contribution in [-0.2, 0) is 17.8 Å². The highest BCUT2D eigenvalue weighted by Gasteiger charge is 2.34. The van der Waals surface area contributed by atoms with Crippen LogP contribution in [0.3, 0.4) is 0 Å². The van der Waals surface area contributed by atoms with Gasteiger partial charge in [-0.15, -0.1) is 6.58 Å². The molecule has 196 valence electrons. The monoisotopic (exact) mass is 573 g/mol. The first kappa shape index (κ1) is 26.0. The molecule has 1 aliphatic rings. The van der Waals surface area contributed by atoms with E-state index in [9.17, 15) is 4.79 Å². The quantitative estimate of drug-likeness (QED) is 0.144. The summed E-state index contributed by atoms with van der Waals surface area (Å²) >= 11 is 3.52. The second-order valence-electron chi connectivity index (χ2n) is 9.53. The maximum atomic E-state index is 13.0. The van der Waals surface area contributed by atoms with Gasteiger partial charge < -0.3 is 18.9 Å². The molecule has 0 spiro atoms. The van der Waals surface area contributed by atoms with Crippen molar-refractivity contribution in [2.45, 2.75) is 38.1 Å². The minimum absolute atomic E-state index is 0.0449. The minimum Gasteiger partial charge on any atom is -0.493 e. The lowest BCUT2D eigenvalue weighted by Gasteiger charge is -2.18. The molecule has 1 aliphatic heterocycles. The highest BCUT2D eigenvalue weighted by atomic mass is 79.9. The number of allylic oxidation sites excluding steroid dienone is 1. The second-order valence-corrected chi connectivity index (χ2v) is 10.4. The topological polar surface area (TPSA) is 56.6 Å². The number of anilines is 1. The molecule has 2 heterocycles. The number of unbranched alkanes of at least 4 members (excludes halogenated alkanes) is 1. The molecule has 5 rings (SSSR count). The summed E-state index contributed by atoms with van der Waals surface area (Å²) in [5.41, 5.74) is 4.14. The third-order valence-corrected chi connectivity index (χ3v) is 7.43. The van der Waals surface area contributed by atoms with Crippen molar-refractivity contribution in [3.63, 3.8) is 0 Å². The van der Waals surface area contributed by atoms with E-state index >= 15 is 0 Å². The number of para-hydroxylation sites is 2. The number of imidazole rings is 1. The van der Waals surface area contributed by atoms with E-state index in [4.69, 9.17) is 14.5 Å². The zero-order valence-electron chi connectivity index (χ0n) is 21.6. The van der Waals surface area contributed by atoms with Gasteiger partial charge in [0.2, 0.25) is 5.91 Å². The maximum absolute atomic E-state index is 13.0. The van der Waals surface area contributed by atoms with Gasteiger partial charge in [0.1, 0.15) is 5.82 Å². The van der Waals surface area contributed by atoms with Crippen molar-refractivity contribution >= 4 is 38.6 Å². The molecule has 1 atom stereocenters. The van der Waals surface area contributed by atoms with Crippen LogP contribution in [0.25, 0.3) is 11.0 Å². The highest BCUT2D eigenvalue weighted by molar-refractivity contribution is 9.10. The number of fused-ring (bicyclic) bond motifs is 1. The molecule has 0 N–H and O–H groups in total. The number of amides is 1. The number of benzene rings is 3. The summed E-state index contributed by atoms with van der Waals surface area (Å²) in [4.78, 5) is 19.8. The van der Waals surface area contributed by atoms with Crippen LogP contribution in [0.1, 0.15) is 36.6 Å². The molecule has 6 nitrogen and oxygen atoms in total. The summed E-state index contributed by atoms with van der Waals surface area (Å²) in [5, 5.41) is 0. The Kier molecular flexibility index (Phi) is 8.13. The van der Waals surface area contributed by atoms with Gasteiger partial charge in [-0.05, 0) is 67.3 Å². The molecule has 1 amide bonds. The number of carbonyl (C=O) groups excluding carboxylic acids is 1. The van der Waals surface area contributed by atoms with Gasteiger partial charge in [-0.3, -0.25) is 4.79 Å². The average molecular weight is 575 g/mol. The molecule has 38 heavy (non-hydrogen) atoms. The number of aryl methyl sites for hydroxylation is 1. The van der Waals surface area contributed by atoms with E-state index in [1.165, 1.54) is 0 Å². The van der Waals surface area contributed by atoms with E-state index in [1.54, 1.807) is 7.11 Å².